The summed E-state index contributed by atoms with van der Waals surface area (Å²) in [5, 5.41) is 6.83. The summed E-state index contributed by atoms with van der Waals surface area (Å²) in [5.41, 5.74) is 2.22. The molecule has 5 heteroatoms. The molecule has 4 rings (SSSR count). The summed E-state index contributed by atoms with van der Waals surface area (Å²) in [4.78, 5) is 17.8. The van der Waals surface area contributed by atoms with Gasteiger partial charge in [-0.05, 0) is 50.2 Å². The van der Waals surface area contributed by atoms with Crippen LogP contribution in [0.4, 0.5) is 5.69 Å². The Morgan fingerprint density at radius 3 is 2.54 bits per heavy atom. The number of thioether (sulfide) groups is 1. The molecule has 2 fully saturated rings. The van der Waals surface area contributed by atoms with Crippen LogP contribution in [0.1, 0.15) is 45.4 Å². The van der Waals surface area contributed by atoms with E-state index in [0.29, 0.717) is 11.5 Å². The molecule has 1 amide bonds. The van der Waals surface area contributed by atoms with Gasteiger partial charge < -0.3 is 10.6 Å². The van der Waals surface area contributed by atoms with Crippen molar-refractivity contribution in [3.05, 3.63) is 30.3 Å². The lowest BCUT2D eigenvalue weighted by molar-refractivity contribution is -0.128. The lowest BCUT2D eigenvalue weighted by atomic mass is 9.63. The van der Waals surface area contributed by atoms with Crippen molar-refractivity contribution in [2.24, 2.45) is 10.4 Å². The van der Waals surface area contributed by atoms with Gasteiger partial charge >= 0.3 is 0 Å². The molecule has 2 N–H and O–H groups in total. The van der Waals surface area contributed by atoms with Crippen LogP contribution in [0.25, 0.3) is 0 Å². The summed E-state index contributed by atoms with van der Waals surface area (Å²) in [5.74, 6) is 0.0241. The van der Waals surface area contributed by atoms with Crippen molar-refractivity contribution in [2.45, 2.75) is 62.4 Å². The van der Waals surface area contributed by atoms with E-state index in [-0.39, 0.29) is 11.2 Å². The molecule has 3 unspecified atom stereocenters. The van der Waals surface area contributed by atoms with Gasteiger partial charge in [0.25, 0.3) is 5.91 Å². The molecule has 0 radical (unpaired) electrons. The smallest absolute Gasteiger partial charge is 0.269 e. The zero-order valence-corrected chi connectivity index (χ0v) is 14.9. The number of amides is 1. The zero-order chi connectivity index (χ0) is 16.6. The van der Waals surface area contributed by atoms with Gasteiger partial charge in [-0.2, -0.15) is 0 Å². The van der Waals surface area contributed by atoms with Crippen LogP contribution in [0.15, 0.2) is 35.3 Å². The highest BCUT2D eigenvalue weighted by molar-refractivity contribution is 8.13. The minimum Gasteiger partial charge on any atom is -0.353 e. The second kappa shape index (κ2) is 6.10. The van der Waals surface area contributed by atoms with Crippen molar-refractivity contribution in [1.29, 1.82) is 0 Å². The average Bonchev–Trinajstić information content (AvgIpc) is 3.22. The minimum atomic E-state index is -0.901. The van der Waals surface area contributed by atoms with E-state index in [2.05, 4.69) is 22.5 Å². The number of benzene rings is 1. The van der Waals surface area contributed by atoms with Gasteiger partial charge in [0.05, 0.1) is 10.8 Å². The van der Waals surface area contributed by atoms with Gasteiger partial charge in [0.1, 0.15) is 0 Å². The maximum atomic E-state index is 13.2. The Morgan fingerprint density at radius 2 is 1.96 bits per heavy atom. The van der Waals surface area contributed by atoms with Gasteiger partial charge in [-0.3, -0.25) is 4.79 Å². The molecule has 2 aliphatic carbocycles. The third kappa shape index (κ3) is 2.53. The molecule has 0 aromatic heterocycles. The molecule has 3 aliphatic rings. The topological polar surface area (TPSA) is 53.5 Å². The quantitative estimate of drug-likeness (QED) is 0.874. The summed E-state index contributed by atoms with van der Waals surface area (Å²) in [7, 11) is 0. The van der Waals surface area contributed by atoms with E-state index in [1.807, 2.05) is 35.9 Å². The van der Waals surface area contributed by atoms with Crippen molar-refractivity contribution in [2.75, 3.05) is 5.32 Å². The Kier molecular flexibility index (Phi) is 4.07. The molecule has 1 aliphatic heterocycles. The first-order valence-corrected chi connectivity index (χ1v) is 9.92. The molecule has 4 nitrogen and oxygen atoms in total. The molecule has 128 valence electrons. The summed E-state index contributed by atoms with van der Waals surface area (Å²) < 4.78 is 0. The van der Waals surface area contributed by atoms with Crippen LogP contribution in [0.5, 0.6) is 0 Å². The molecular formula is C19H25N3OS. The number of carbonyl (C=O) groups excluding carboxylic acids is 1. The largest absolute Gasteiger partial charge is 0.353 e. The zero-order valence-electron chi connectivity index (χ0n) is 14.1. The number of para-hydroxylation sites is 1. The maximum absolute atomic E-state index is 13.2. The number of rotatable bonds is 4. The van der Waals surface area contributed by atoms with Crippen LogP contribution in [0, 0.1) is 5.41 Å². The first-order chi connectivity index (χ1) is 11.6. The summed E-state index contributed by atoms with van der Waals surface area (Å²) >= 11 is 1.61. The highest BCUT2D eigenvalue weighted by Crippen LogP contribution is 2.53. The van der Waals surface area contributed by atoms with Crippen molar-refractivity contribution >= 4 is 28.9 Å². The number of carbonyl (C=O) groups is 1. The first-order valence-electron chi connectivity index (χ1n) is 8.98. The number of hydrogen-bond donors (Lipinski definition) is 2. The number of hydrogen-bond acceptors (Lipinski definition) is 4. The van der Waals surface area contributed by atoms with Crippen LogP contribution in [-0.2, 0) is 4.79 Å². The minimum absolute atomic E-state index is 0.0241. The highest BCUT2D eigenvalue weighted by Gasteiger charge is 2.52. The molecule has 1 spiro atoms. The molecule has 0 bridgehead atoms. The molecule has 1 aromatic rings. The molecule has 0 saturated heterocycles. The lowest BCUT2D eigenvalue weighted by Gasteiger charge is -2.48. The standard InChI is InChI=1S/C19H25N3OS/c1-14-19(20-13-24-14,22-15-7-3-2-4-8-15)17(23)21-16-9-12-18(16)10-5-6-11-18/h2-4,7-8,13-14,16,22H,5-6,9-12H2,1H3,(H,21,23). The molecule has 1 aromatic carbocycles. The number of nitrogens with one attached hydrogen (secondary N) is 2. The highest BCUT2D eigenvalue weighted by atomic mass is 32.2. The van der Waals surface area contributed by atoms with Crippen LogP contribution < -0.4 is 10.6 Å². The Hall–Kier alpha value is -1.49. The third-order valence-electron chi connectivity index (χ3n) is 6.14. The van der Waals surface area contributed by atoms with Gasteiger partial charge in [0.2, 0.25) is 5.66 Å². The Morgan fingerprint density at radius 1 is 1.21 bits per heavy atom. The van der Waals surface area contributed by atoms with Crippen molar-refractivity contribution in [3.63, 3.8) is 0 Å². The van der Waals surface area contributed by atoms with Crippen LogP contribution >= 0.6 is 11.8 Å². The molecule has 24 heavy (non-hydrogen) atoms. The van der Waals surface area contributed by atoms with E-state index in [0.717, 1.165) is 12.1 Å². The molecule has 1 heterocycles. The van der Waals surface area contributed by atoms with Gasteiger partial charge in [-0.1, -0.05) is 31.0 Å². The lowest BCUT2D eigenvalue weighted by Crippen LogP contribution is -2.62. The SMILES string of the molecule is CC1SC=NC1(Nc1ccccc1)C(=O)NC1CCC12CCCC2. The van der Waals surface area contributed by atoms with Gasteiger partial charge in [0, 0.05) is 11.7 Å². The van der Waals surface area contributed by atoms with E-state index in [1.54, 1.807) is 11.8 Å². The van der Waals surface area contributed by atoms with Gasteiger partial charge in [0.15, 0.2) is 0 Å². The third-order valence-corrected chi connectivity index (χ3v) is 7.12. The second-order valence-corrected chi connectivity index (χ2v) is 8.59. The number of anilines is 1. The van der Waals surface area contributed by atoms with Crippen LogP contribution in [-0.4, -0.2) is 28.4 Å². The van der Waals surface area contributed by atoms with E-state index < -0.39 is 5.66 Å². The fraction of sp³-hybridized carbons (Fsp3) is 0.579. The van der Waals surface area contributed by atoms with Crippen molar-refractivity contribution in [3.8, 4) is 0 Å². The number of nitrogens with zero attached hydrogens (tertiary/aromatic N) is 1. The summed E-state index contributed by atoms with van der Waals surface area (Å²) in [6.45, 7) is 2.07. The van der Waals surface area contributed by atoms with Crippen molar-refractivity contribution in [1.82, 2.24) is 5.32 Å². The predicted molar refractivity (Wildman–Crippen MR) is 100 cm³/mol. The van der Waals surface area contributed by atoms with Crippen LogP contribution in [0.2, 0.25) is 0 Å². The van der Waals surface area contributed by atoms with Gasteiger partial charge in [-0.25, -0.2) is 4.99 Å². The van der Waals surface area contributed by atoms with E-state index in [4.69, 9.17) is 0 Å². The van der Waals surface area contributed by atoms with E-state index in [1.165, 1.54) is 32.1 Å². The molecule has 3 atom stereocenters. The monoisotopic (exact) mass is 343 g/mol. The Labute approximate surface area is 147 Å². The fourth-order valence-corrected chi connectivity index (χ4v) is 5.29. The normalized spacial score (nSPS) is 33.4. The molecular weight excluding hydrogens is 318 g/mol. The summed E-state index contributed by atoms with van der Waals surface area (Å²) in [6, 6.07) is 10.2. The molecule has 2 saturated carbocycles. The number of aliphatic imine (C=N–C) groups is 1. The van der Waals surface area contributed by atoms with Gasteiger partial charge in [-0.15, -0.1) is 11.8 Å². The summed E-state index contributed by atoms with van der Waals surface area (Å²) in [6.07, 6.45) is 7.53. The Bertz CT molecular complexity index is 641. The fourth-order valence-electron chi connectivity index (χ4n) is 4.45. The predicted octanol–water partition coefficient (Wildman–Crippen LogP) is 3.80. The first kappa shape index (κ1) is 16.0. The average molecular weight is 343 g/mol. The maximum Gasteiger partial charge on any atom is 0.269 e. The van der Waals surface area contributed by atoms with E-state index >= 15 is 0 Å². The Balaban J connectivity index is 1.53. The van der Waals surface area contributed by atoms with Crippen molar-refractivity contribution < 1.29 is 4.79 Å². The van der Waals surface area contributed by atoms with Crippen LogP contribution in [0.3, 0.4) is 0 Å². The van der Waals surface area contributed by atoms with E-state index in [9.17, 15) is 4.79 Å². The second-order valence-electron chi connectivity index (χ2n) is 7.40.